The summed E-state index contributed by atoms with van der Waals surface area (Å²) in [4.78, 5) is 6.25. The molecule has 0 saturated heterocycles. The second-order valence-electron chi connectivity index (χ2n) is 5.98. The Hall–Kier alpha value is -2.58. The lowest BCUT2D eigenvalue weighted by molar-refractivity contribution is 0.415. The summed E-state index contributed by atoms with van der Waals surface area (Å²) in [7, 11) is 1.66. The Morgan fingerprint density at radius 1 is 1.21 bits per heavy atom. The number of hydrogen-bond acceptors (Lipinski definition) is 5. The Morgan fingerprint density at radius 3 is 2.67 bits per heavy atom. The Bertz CT molecular complexity index is 967. The molecule has 0 spiro atoms. The highest BCUT2D eigenvalue weighted by Gasteiger charge is 2.23. The molecule has 0 unspecified atom stereocenters. The minimum atomic E-state index is 0.551. The lowest BCUT2D eigenvalue weighted by Crippen LogP contribution is -2.07. The van der Waals surface area contributed by atoms with Crippen molar-refractivity contribution in [3.63, 3.8) is 0 Å². The Kier molecular flexibility index (Phi) is 3.62. The molecule has 0 bridgehead atoms. The van der Waals surface area contributed by atoms with Crippen LogP contribution in [0.4, 0.5) is 5.69 Å². The second kappa shape index (κ2) is 5.81. The standard InChI is InChI=1S/C19H17N3OS/c1-23-12-8-6-11(7-9-12)16-13-4-2-3-5-14(13)22-19-17(16)18(21)15(10-20)24-19/h6-9H,2-5,21H2,1H3. The highest BCUT2D eigenvalue weighted by Crippen LogP contribution is 2.43. The molecule has 2 heterocycles. The van der Waals surface area contributed by atoms with Crippen molar-refractivity contribution in [3.05, 3.63) is 40.4 Å². The summed E-state index contributed by atoms with van der Waals surface area (Å²) >= 11 is 1.39. The molecule has 0 amide bonds. The van der Waals surface area contributed by atoms with E-state index in [9.17, 15) is 5.26 Å². The summed E-state index contributed by atoms with van der Waals surface area (Å²) in [6.45, 7) is 0. The highest BCUT2D eigenvalue weighted by atomic mass is 32.1. The Balaban J connectivity index is 2.06. The molecule has 0 saturated carbocycles. The zero-order valence-electron chi connectivity index (χ0n) is 13.4. The minimum Gasteiger partial charge on any atom is -0.497 e. The number of fused-ring (bicyclic) bond motifs is 2. The van der Waals surface area contributed by atoms with Crippen LogP contribution in [0.15, 0.2) is 24.3 Å². The summed E-state index contributed by atoms with van der Waals surface area (Å²) in [5.74, 6) is 0.828. The maximum absolute atomic E-state index is 9.35. The van der Waals surface area contributed by atoms with E-state index < -0.39 is 0 Å². The number of benzene rings is 1. The summed E-state index contributed by atoms with van der Waals surface area (Å²) < 4.78 is 5.27. The molecule has 24 heavy (non-hydrogen) atoms. The van der Waals surface area contributed by atoms with Crippen LogP contribution in [0.2, 0.25) is 0 Å². The molecule has 1 aromatic carbocycles. The molecule has 4 nitrogen and oxygen atoms in total. The third-order valence-corrected chi connectivity index (χ3v) is 5.64. The van der Waals surface area contributed by atoms with Gasteiger partial charge in [0.15, 0.2) is 0 Å². The van der Waals surface area contributed by atoms with Crippen LogP contribution in [0.5, 0.6) is 5.75 Å². The zero-order valence-corrected chi connectivity index (χ0v) is 14.2. The summed E-state index contributed by atoms with van der Waals surface area (Å²) in [5, 5.41) is 10.3. The summed E-state index contributed by atoms with van der Waals surface area (Å²) in [5.41, 5.74) is 11.6. The fraction of sp³-hybridized carbons (Fsp3) is 0.263. The van der Waals surface area contributed by atoms with Crippen molar-refractivity contribution in [3.8, 4) is 22.9 Å². The maximum atomic E-state index is 9.35. The summed E-state index contributed by atoms with van der Waals surface area (Å²) in [6.07, 6.45) is 4.34. The van der Waals surface area contributed by atoms with Gasteiger partial charge in [-0.2, -0.15) is 5.26 Å². The van der Waals surface area contributed by atoms with Crippen molar-refractivity contribution in [2.75, 3.05) is 12.8 Å². The number of aryl methyl sites for hydroxylation is 1. The largest absolute Gasteiger partial charge is 0.497 e. The Morgan fingerprint density at radius 2 is 1.96 bits per heavy atom. The normalized spacial score (nSPS) is 13.5. The number of nitrogen functional groups attached to an aromatic ring is 1. The van der Waals surface area contributed by atoms with Gasteiger partial charge in [-0.05, 0) is 54.5 Å². The lowest BCUT2D eigenvalue weighted by Gasteiger charge is -2.20. The predicted octanol–water partition coefficient (Wildman–Crippen LogP) is 4.30. The molecule has 0 radical (unpaired) electrons. The van der Waals surface area contributed by atoms with Crippen LogP contribution in [0.1, 0.15) is 29.0 Å². The topological polar surface area (TPSA) is 71.9 Å². The van der Waals surface area contributed by atoms with Gasteiger partial charge >= 0.3 is 0 Å². The number of nitriles is 1. The number of ether oxygens (including phenoxy) is 1. The van der Waals surface area contributed by atoms with Gasteiger partial charge in [-0.15, -0.1) is 11.3 Å². The average Bonchev–Trinajstić information content (AvgIpc) is 2.95. The predicted molar refractivity (Wildman–Crippen MR) is 97.4 cm³/mol. The maximum Gasteiger partial charge on any atom is 0.130 e. The minimum absolute atomic E-state index is 0.551. The number of thiophene rings is 1. The van der Waals surface area contributed by atoms with E-state index in [0.717, 1.165) is 45.6 Å². The van der Waals surface area contributed by atoms with Gasteiger partial charge in [-0.25, -0.2) is 4.98 Å². The molecule has 1 aliphatic rings. The van der Waals surface area contributed by atoms with E-state index in [4.69, 9.17) is 15.5 Å². The first kappa shape index (κ1) is 15.0. The Labute approximate surface area is 144 Å². The van der Waals surface area contributed by atoms with E-state index in [1.165, 1.54) is 29.7 Å². The van der Waals surface area contributed by atoms with Gasteiger partial charge in [-0.3, -0.25) is 0 Å². The fourth-order valence-electron chi connectivity index (χ4n) is 3.47. The van der Waals surface area contributed by atoms with Crippen LogP contribution in [-0.4, -0.2) is 12.1 Å². The molecule has 5 heteroatoms. The van der Waals surface area contributed by atoms with Crippen molar-refractivity contribution in [1.82, 2.24) is 4.98 Å². The lowest BCUT2D eigenvalue weighted by atomic mass is 9.87. The van der Waals surface area contributed by atoms with E-state index in [2.05, 4.69) is 18.2 Å². The molecule has 0 fully saturated rings. The third kappa shape index (κ3) is 2.22. The quantitative estimate of drug-likeness (QED) is 0.757. The monoisotopic (exact) mass is 335 g/mol. The highest BCUT2D eigenvalue weighted by molar-refractivity contribution is 7.20. The van der Waals surface area contributed by atoms with Gasteiger partial charge < -0.3 is 10.5 Å². The van der Waals surface area contributed by atoms with Crippen LogP contribution in [0, 0.1) is 11.3 Å². The van der Waals surface area contributed by atoms with Crippen molar-refractivity contribution >= 4 is 27.2 Å². The number of nitrogens with two attached hydrogens (primary N) is 1. The van der Waals surface area contributed by atoms with Gasteiger partial charge in [0, 0.05) is 11.1 Å². The number of aromatic nitrogens is 1. The fourth-order valence-corrected chi connectivity index (χ4v) is 4.39. The van der Waals surface area contributed by atoms with Crippen LogP contribution >= 0.6 is 11.3 Å². The van der Waals surface area contributed by atoms with Crippen LogP contribution in [-0.2, 0) is 12.8 Å². The van der Waals surface area contributed by atoms with Gasteiger partial charge in [0.25, 0.3) is 0 Å². The van der Waals surface area contributed by atoms with Gasteiger partial charge in [-0.1, -0.05) is 12.1 Å². The van der Waals surface area contributed by atoms with Gasteiger partial charge in [0.2, 0.25) is 0 Å². The molecular weight excluding hydrogens is 318 g/mol. The smallest absolute Gasteiger partial charge is 0.130 e. The van der Waals surface area contributed by atoms with Crippen molar-refractivity contribution in [2.24, 2.45) is 0 Å². The number of nitrogens with zero attached hydrogens (tertiary/aromatic N) is 2. The first-order chi connectivity index (χ1) is 11.7. The van der Waals surface area contributed by atoms with Crippen LogP contribution in [0.25, 0.3) is 21.3 Å². The van der Waals surface area contributed by atoms with Gasteiger partial charge in [0.1, 0.15) is 21.5 Å². The van der Waals surface area contributed by atoms with Crippen molar-refractivity contribution < 1.29 is 4.74 Å². The van der Waals surface area contributed by atoms with E-state index in [-0.39, 0.29) is 0 Å². The first-order valence-corrected chi connectivity index (χ1v) is 8.83. The number of hydrogen-bond donors (Lipinski definition) is 1. The van der Waals surface area contributed by atoms with Crippen LogP contribution in [0.3, 0.4) is 0 Å². The number of methoxy groups -OCH3 is 1. The summed E-state index contributed by atoms with van der Waals surface area (Å²) in [6, 6.07) is 10.3. The van der Waals surface area contributed by atoms with Crippen LogP contribution < -0.4 is 10.5 Å². The SMILES string of the molecule is COc1ccc(-c2c3c(nc4sc(C#N)c(N)c24)CCCC3)cc1. The molecule has 2 N–H and O–H groups in total. The molecule has 0 aliphatic heterocycles. The third-order valence-electron chi connectivity index (χ3n) is 4.63. The van der Waals surface area contributed by atoms with Gasteiger partial charge in [0.05, 0.1) is 12.8 Å². The van der Waals surface area contributed by atoms with E-state index in [0.29, 0.717) is 10.6 Å². The number of pyridine rings is 1. The van der Waals surface area contributed by atoms with E-state index in [1.807, 2.05) is 12.1 Å². The number of anilines is 1. The van der Waals surface area contributed by atoms with Crippen molar-refractivity contribution in [2.45, 2.75) is 25.7 Å². The van der Waals surface area contributed by atoms with E-state index in [1.54, 1.807) is 7.11 Å². The molecule has 1 aliphatic carbocycles. The molecular formula is C19H17N3OS. The molecule has 4 rings (SSSR count). The van der Waals surface area contributed by atoms with Crippen molar-refractivity contribution in [1.29, 1.82) is 5.26 Å². The second-order valence-corrected chi connectivity index (χ2v) is 6.98. The van der Waals surface area contributed by atoms with E-state index >= 15 is 0 Å². The molecule has 0 atom stereocenters. The first-order valence-electron chi connectivity index (χ1n) is 8.01. The molecule has 120 valence electrons. The number of rotatable bonds is 2. The zero-order chi connectivity index (χ0) is 16.7. The molecule has 2 aromatic heterocycles. The molecule has 3 aromatic rings. The average molecular weight is 335 g/mol.